The third-order valence-electron chi connectivity index (χ3n) is 4.79. The molecule has 0 atom stereocenters. The zero-order chi connectivity index (χ0) is 24.6. The van der Waals surface area contributed by atoms with Crippen LogP contribution < -0.4 is 24.2 Å². The summed E-state index contributed by atoms with van der Waals surface area (Å²) in [5, 5.41) is 3.25. The number of rotatable bonds is 11. The molecule has 0 fully saturated rings. The summed E-state index contributed by atoms with van der Waals surface area (Å²) in [4.78, 5) is 12.1. The molecule has 0 unspecified atom stereocenters. The van der Waals surface area contributed by atoms with Crippen molar-refractivity contribution in [1.82, 2.24) is 4.72 Å². The van der Waals surface area contributed by atoms with Gasteiger partial charge in [-0.3, -0.25) is 4.79 Å². The molecule has 0 aliphatic carbocycles. The number of methoxy groups -OCH3 is 2. The van der Waals surface area contributed by atoms with Crippen LogP contribution in [0.25, 0.3) is 0 Å². The van der Waals surface area contributed by atoms with Gasteiger partial charge >= 0.3 is 0 Å². The number of benzene rings is 3. The van der Waals surface area contributed by atoms with Gasteiger partial charge in [0.15, 0.2) is 18.1 Å². The lowest BCUT2D eigenvalue weighted by molar-refractivity contribution is -0.118. The number of anilines is 1. The van der Waals surface area contributed by atoms with E-state index >= 15 is 0 Å². The van der Waals surface area contributed by atoms with E-state index in [-0.39, 0.29) is 24.0 Å². The van der Waals surface area contributed by atoms with Crippen LogP contribution in [0.1, 0.15) is 5.56 Å². The summed E-state index contributed by atoms with van der Waals surface area (Å²) >= 11 is 5.82. The zero-order valence-electron chi connectivity index (χ0n) is 18.7. The maximum absolute atomic E-state index is 12.6. The number of nitrogens with one attached hydrogen (secondary N) is 2. The lowest BCUT2D eigenvalue weighted by Gasteiger charge is -2.11. The Hall–Kier alpha value is -3.27. The summed E-state index contributed by atoms with van der Waals surface area (Å²) in [6, 6.07) is 18.0. The van der Waals surface area contributed by atoms with Gasteiger partial charge in [0.25, 0.3) is 5.91 Å². The number of sulfonamides is 1. The van der Waals surface area contributed by atoms with Crippen molar-refractivity contribution in [3.63, 3.8) is 0 Å². The van der Waals surface area contributed by atoms with Crippen LogP contribution in [0.15, 0.2) is 71.6 Å². The van der Waals surface area contributed by atoms with E-state index in [9.17, 15) is 13.2 Å². The average Bonchev–Trinajstić information content (AvgIpc) is 2.84. The molecule has 0 bridgehead atoms. The van der Waals surface area contributed by atoms with Gasteiger partial charge < -0.3 is 19.5 Å². The first-order valence-electron chi connectivity index (χ1n) is 10.3. The van der Waals surface area contributed by atoms with Gasteiger partial charge in [-0.1, -0.05) is 17.7 Å². The molecule has 3 rings (SSSR count). The van der Waals surface area contributed by atoms with E-state index in [1.807, 2.05) is 12.1 Å². The molecule has 1 amide bonds. The molecule has 3 aromatic rings. The minimum atomic E-state index is -3.70. The molecule has 10 heteroatoms. The molecule has 180 valence electrons. The molecule has 34 heavy (non-hydrogen) atoms. The Morgan fingerprint density at radius 3 is 2.24 bits per heavy atom. The van der Waals surface area contributed by atoms with Gasteiger partial charge in [0.1, 0.15) is 5.75 Å². The van der Waals surface area contributed by atoms with E-state index in [1.54, 1.807) is 44.6 Å². The molecular formula is C24H25ClN2O6S. The molecule has 0 saturated heterocycles. The monoisotopic (exact) mass is 504 g/mol. The van der Waals surface area contributed by atoms with E-state index in [4.69, 9.17) is 25.8 Å². The lowest BCUT2D eigenvalue weighted by Crippen LogP contribution is -2.26. The molecule has 0 aromatic heterocycles. The van der Waals surface area contributed by atoms with Gasteiger partial charge in [-0.15, -0.1) is 0 Å². The fourth-order valence-electron chi connectivity index (χ4n) is 3.04. The van der Waals surface area contributed by atoms with Gasteiger partial charge in [0, 0.05) is 17.3 Å². The van der Waals surface area contributed by atoms with Crippen molar-refractivity contribution in [1.29, 1.82) is 0 Å². The number of hydrogen-bond donors (Lipinski definition) is 2. The van der Waals surface area contributed by atoms with Crippen molar-refractivity contribution in [2.75, 3.05) is 32.7 Å². The number of ether oxygens (including phenoxy) is 3. The average molecular weight is 505 g/mol. The Morgan fingerprint density at radius 1 is 0.912 bits per heavy atom. The van der Waals surface area contributed by atoms with E-state index in [0.717, 1.165) is 5.56 Å². The van der Waals surface area contributed by atoms with Crippen LogP contribution in [-0.4, -0.2) is 41.7 Å². The normalized spacial score (nSPS) is 11.0. The summed E-state index contributed by atoms with van der Waals surface area (Å²) in [7, 11) is -0.604. The fourth-order valence-corrected chi connectivity index (χ4v) is 4.20. The molecule has 2 N–H and O–H groups in total. The predicted molar refractivity (Wildman–Crippen MR) is 130 cm³/mol. The molecule has 0 heterocycles. The molecule has 8 nitrogen and oxygen atoms in total. The maximum atomic E-state index is 12.6. The molecule has 3 aromatic carbocycles. The maximum Gasteiger partial charge on any atom is 0.262 e. The van der Waals surface area contributed by atoms with Crippen LogP contribution in [0.5, 0.6) is 17.2 Å². The summed E-state index contributed by atoms with van der Waals surface area (Å²) < 4.78 is 43.6. The zero-order valence-corrected chi connectivity index (χ0v) is 20.3. The van der Waals surface area contributed by atoms with Crippen molar-refractivity contribution in [2.24, 2.45) is 0 Å². The Balaban J connectivity index is 1.50. The molecular weight excluding hydrogens is 480 g/mol. The van der Waals surface area contributed by atoms with Crippen molar-refractivity contribution in [3.8, 4) is 17.2 Å². The van der Waals surface area contributed by atoms with Crippen LogP contribution >= 0.6 is 11.6 Å². The van der Waals surface area contributed by atoms with E-state index in [1.165, 1.54) is 24.3 Å². The summed E-state index contributed by atoms with van der Waals surface area (Å²) in [6.07, 6.45) is 0.476. The van der Waals surface area contributed by atoms with E-state index in [0.29, 0.717) is 34.4 Å². The van der Waals surface area contributed by atoms with E-state index < -0.39 is 10.0 Å². The largest absolute Gasteiger partial charge is 0.493 e. The van der Waals surface area contributed by atoms with Crippen molar-refractivity contribution < 1.29 is 27.4 Å². The van der Waals surface area contributed by atoms with Gasteiger partial charge in [-0.05, 0) is 72.6 Å². The molecule has 0 radical (unpaired) electrons. The van der Waals surface area contributed by atoms with Crippen molar-refractivity contribution in [2.45, 2.75) is 11.3 Å². The highest BCUT2D eigenvalue weighted by Gasteiger charge is 2.14. The quantitative estimate of drug-likeness (QED) is 0.410. The minimum absolute atomic E-state index is 0.0952. The van der Waals surface area contributed by atoms with Crippen molar-refractivity contribution in [3.05, 3.63) is 77.3 Å². The Bertz CT molecular complexity index is 1220. The third-order valence-corrected chi connectivity index (χ3v) is 6.51. The number of halogens is 1. The first-order chi connectivity index (χ1) is 16.3. The topological polar surface area (TPSA) is 103 Å². The Labute approximate surface area is 203 Å². The predicted octanol–water partition coefficient (Wildman–Crippen LogP) is 3.90. The van der Waals surface area contributed by atoms with Crippen LogP contribution in [0.2, 0.25) is 5.02 Å². The first kappa shape index (κ1) is 25.4. The second-order valence-electron chi connectivity index (χ2n) is 7.15. The van der Waals surface area contributed by atoms with E-state index in [2.05, 4.69) is 10.0 Å². The van der Waals surface area contributed by atoms with Gasteiger partial charge in [-0.25, -0.2) is 13.1 Å². The summed E-state index contributed by atoms with van der Waals surface area (Å²) in [5.74, 6) is 1.21. The lowest BCUT2D eigenvalue weighted by atomic mass is 10.1. The van der Waals surface area contributed by atoms with Gasteiger partial charge in [0.2, 0.25) is 10.0 Å². The van der Waals surface area contributed by atoms with Crippen LogP contribution in [-0.2, 0) is 21.2 Å². The number of carbonyl (C=O) groups is 1. The molecule has 0 aliphatic rings. The highest BCUT2D eigenvalue weighted by molar-refractivity contribution is 7.89. The molecule has 0 saturated carbocycles. The molecule has 0 aliphatic heterocycles. The van der Waals surface area contributed by atoms with Gasteiger partial charge in [0.05, 0.1) is 19.1 Å². The Kier molecular flexibility index (Phi) is 8.75. The second-order valence-corrected chi connectivity index (χ2v) is 9.36. The van der Waals surface area contributed by atoms with Crippen molar-refractivity contribution >= 4 is 33.2 Å². The first-order valence-corrected chi connectivity index (χ1v) is 12.2. The second kappa shape index (κ2) is 11.7. The highest BCUT2D eigenvalue weighted by atomic mass is 35.5. The standard InChI is InChI=1S/C24H25ClN2O6S/c1-31-22-12-3-17(15-23(22)32-2)13-14-26-34(29,30)21-10-8-20(9-11-21)33-16-24(28)27-19-6-4-18(25)5-7-19/h3-12,15,26H,13-14,16H2,1-2H3,(H,27,28). The van der Waals surface area contributed by atoms with Crippen LogP contribution in [0, 0.1) is 0 Å². The minimum Gasteiger partial charge on any atom is -0.493 e. The number of hydrogen-bond acceptors (Lipinski definition) is 6. The molecule has 0 spiro atoms. The summed E-state index contributed by atoms with van der Waals surface area (Å²) in [5.41, 5.74) is 1.50. The highest BCUT2D eigenvalue weighted by Crippen LogP contribution is 2.27. The number of amides is 1. The smallest absolute Gasteiger partial charge is 0.262 e. The Morgan fingerprint density at radius 2 is 1.59 bits per heavy atom. The third kappa shape index (κ3) is 7.11. The van der Waals surface area contributed by atoms with Gasteiger partial charge in [-0.2, -0.15) is 0 Å². The van der Waals surface area contributed by atoms with Crippen LogP contribution in [0.4, 0.5) is 5.69 Å². The number of carbonyl (C=O) groups excluding carboxylic acids is 1. The SMILES string of the molecule is COc1ccc(CCNS(=O)(=O)c2ccc(OCC(=O)Nc3ccc(Cl)cc3)cc2)cc1OC. The van der Waals surface area contributed by atoms with Crippen LogP contribution in [0.3, 0.4) is 0 Å². The fraction of sp³-hybridized carbons (Fsp3) is 0.208. The summed E-state index contributed by atoms with van der Waals surface area (Å²) in [6.45, 7) is -0.0146.